The van der Waals surface area contributed by atoms with E-state index in [-0.39, 0.29) is 17.6 Å². The van der Waals surface area contributed by atoms with E-state index in [0.29, 0.717) is 26.6 Å². The Morgan fingerprint density at radius 1 is 0.853 bits per heavy atom. The third-order valence-corrected chi connectivity index (χ3v) is 6.24. The molecule has 0 bridgehead atoms. The van der Waals surface area contributed by atoms with E-state index in [4.69, 9.17) is 4.74 Å². The molecule has 0 aliphatic heterocycles. The molecule has 2 amide bonds. The van der Waals surface area contributed by atoms with Gasteiger partial charge in [-0.05, 0) is 42.5 Å². The van der Waals surface area contributed by atoms with Crippen molar-refractivity contribution < 1.29 is 14.3 Å². The molecule has 3 aromatic carbocycles. The standard InChI is InChI=1S/C24H21N5O3S2/c1-16(30)25-17-7-5-8-18(13-17)27-23-28-29-24(34-23)33-15-22(31)26-19-9-6-12-21(14-19)32-20-10-3-2-4-11-20/h2-14H,15H2,1H3,(H,25,30)(H,26,31)(H,27,28). The second-order valence-electron chi connectivity index (χ2n) is 7.04. The molecule has 1 aromatic heterocycles. The Morgan fingerprint density at radius 3 is 2.35 bits per heavy atom. The lowest BCUT2D eigenvalue weighted by Crippen LogP contribution is -2.13. The fraction of sp³-hybridized carbons (Fsp3) is 0.0833. The SMILES string of the molecule is CC(=O)Nc1cccc(Nc2nnc(SCC(=O)Nc3cccc(Oc4ccccc4)c3)s2)c1. The molecule has 172 valence electrons. The van der Waals surface area contributed by atoms with Crippen LogP contribution in [0.2, 0.25) is 0 Å². The number of aromatic nitrogens is 2. The first kappa shape index (κ1) is 23.3. The van der Waals surface area contributed by atoms with E-state index in [1.807, 2.05) is 60.7 Å². The first-order valence-corrected chi connectivity index (χ1v) is 12.1. The molecular weight excluding hydrogens is 470 g/mol. The minimum Gasteiger partial charge on any atom is -0.457 e. The van der Waals surface area contributed by atoms with Crippen molar-refractivity contribution in [3.8, 4) is 11.5 Å². The number of benzene rings is 3. The number of hydrogen-bond acceptors (Lipinski definition) is 8. The number of carbonyl (C=O) groups is 2. The Balaban J connectivity index is 1.28. The average molecular weight is 492 g/mol. The second kappa shape index (κ2) is 11.3. The van der Waals surface area contributed by atoms with Gasteiger partial charge in [-0.15, -0.1) is 10.2 Å². The molecule has 8 nitrogen and oxygen atoms in total. The lowest BCUT2D eigenvalue weighted by atomic mass is 10.3. The van der Waals surface area contributed by atoms with E-state index in [1.165, 1.54) is 30.0 Å². The van der Waals surface area contributed by atoms with E-state index in [9.17, 15) is 9.59 Å². The zero-order valence-electron chi connectivity index (χ0n) is 18.1. The molecule has 4 rings (SSSR count). The molecular formula is C24H21N5O3S2. The van der Waals surface area contributed by atoms with Gasteiger partial charge in [-0.3, -0.25) is 9.59 Å². The first-order valence-electron chi connectivity index (χ1n) is 10.3. The Labute approximate surface area is 204 Å². The third kappa shape index (κ3) is 7.06. The van der Waals surface area contributed by atoms with Gasteiger partial charge in [0.25, 0.3) is 0 Å². The lowest BCUT2D eigenvalue weighted by molar-refractivity contribution is -0.114. The molecule has 4 aromatic rings. The van der Waals surface area contributed by atoms with E-state index in [0.717, 1.165) is 11.4 Å². The van der Waals surface area contributed by atoms with Gasteiger partial charge in [-0.2, -0.15) is 0 Å². The van der Waals surface area contributed by atoms with Crippen molar-refractivity contribution in [1.29, 1.82) is 0 Å². The third-order valence-electron chi connectivity index (χ3n) is 4.26. The summed E-state index contributed by atoms with van der Waals surface area (Å²) in [5, 5.41) is 17.6. The summed E-state index contributed by atoms with van der Waals surface area (Å²) in [4.78, 5) is 23.6. The fourth-order valence-corrected chi connectivity index (χ4v) is 4.48. The van der Waals surface area contributed by atoms with Crippen molar-refractivity contribution in [3.05, 3.63) is 78.9 Å². The number of carbonyl (C=O) groups excluding carboxylic acids is 2. The van der Waals surface area contributed by atoms with Gasteiger partial charge in [0.2, 0.25) is 16.9 Å². The summed E-state index contributed by atoms with van der Waals surface area (Å²) >= 11 is 2.64. The van der Waals surface area contributed by atoms with E-state index in [1.54, 1.807) is 18.2 Å². The Morgan fingerprint density at radius 2 is 1.56 bits per heavy atom. The summed E-state index contributed by atoms with van der Waals surface area (Å²) in [6, 6.07) is 24.0. The number of ether oxygens (including phenoxy) is 1. The average Bonchev–Trinajstić information content (AvgIpc) is 3.26. The van der Waals surface area contributed by atoms with Crippen LogP contribution < -0.4 is 20.7 Å². The minimum absolute atomic E-state index is 0.138. The van der Waals surface area contributed by atoms with Gasteiger partial charge in [-0.25, -0.2) is 0 Å². The number of amides is 2. The van der Waals surface area contributed by atoms with Crippen molar-refractivity contribution in [2.45, 2.75) is 11.3 Å². The van der Waals surface area contributed by atoms with E-state index >= 15 is 0 Å². The van der Waals surface area contributed by atoms with Crippen LogP contribution in [0.25, 0.3) is 0 Å². The van der Waals surface area contributed by atoms with Gasteiger partial charge < -0.3 is 20.7 Å². The number of anilines is 4. The zero-order chi connectivity index (χ0) is 23.8. The highest BCUT2D eigenvalue weighted by Gasteiger charge is 2.10. The summed E-state index contributed by atoms with van der Waals surface area (Å²) in [7, 11) is 0. The molecule has 0 aliphatic rings. The van der Waals surface area contributed by atoms with Gasteiger partial charge in [0.05, 0.1) is 5.75 Å². The Bertz CT molecular complexity index is 1280. The molecule has 10 heteroatoms. The molecule has 0 radical (unpaired) electrons. The van der Waals surface area contributed by atoms with Crippen LogP contribution >= 0.6 is 23.1 Å². The first-order chi connectivity index (χ1) is 16.5. The van der Waals surface area contributed by atoms with Crippen LogP contribution in [0.15, 0.2) is 83.2 Å². The van der Waals surface area contributed by atoms with Crippen molar-refractivity contribution in [2.24, 2.45) is 0 Å². The number of thioether (sulfide) groups is 1. The van der Waals surface area contributed by atoms with Crippen molar-refractivity contribution >= 4 is 57.1 Å². The molecule has 34 heavy (non-hydrogen) atoms. The largest absolute Gasteiger partial charge is 0.457 e. The molecule has 0 spiro atoms. The number of hydrogen-bond donors (Lipinski definition) is 3. The molecule has 0 unspecified atom stereocenters. The molecule has 0 aliphatic carbocycles. The summed E-state index contributed by atoms with van der Waals surface area (Å²) in [5.41, 5.74) is 2.11. The fourth-order valence-electron chi connectivity index (χ4n) is 2.91. The summed E-state index contributed by atoms with van der Waals surface area (Å²) in [6.45, 7) is 1.46. The summed E-state index contributed by atoms with van der Waals surface area (Å²) in [5.74, 6) is 1.26. The molecule has 0 fully saturated rings. The second-order valence-corrected chi connectivity index (χ2v) is 9.24. The molecule has 0 atom stereocenters. The van der Waals surface area contributed by atoms with Gasteiger partial charge in [-0.1, -0.05) is 53.4 Å². The van der Waals surface area contributed by atoms with Crippen molar-refractivity contribution in [1.82, 2.24) is 10.2 Å². The highest BCUT2D eigenvalue weighted by atomic mass is 32.2. The Kier molecular flexibility index (Phi) is 7.74. The summed E-state index contributed by atoms with van der Waals surface area (Å²) in [6.07, 6.45) is 0. The molecule has 0 saturated heterocycles. The maximum absolute atomic E-state index is 12.4. The maximum atomic E-state index is 12.4. The predicted molar refractivity (Wildman–Crippen MR) is 136 cm³/mol. The summed E-state index contributed by atoms with van der Waals surface area (Å²) < 4.78 is 6.47. The number of para-hydroxylation sites is 1. The smallest absolute Gasteiger partial charge is 0.234 e. The zero-order valence-corrected chi connectivity index (χ0v) is 19.8. The van der Waals surface area contributed by atoms with Crippen molar-refractivity contribution in [3.63, 3.8) is 0 Å². The topological polar surface area (TPSA) is 105 Å². The highest BCUT2D eigenvalue weighted by molar-refractivity contribution is 8.01. The molecule has 1 heterocycles. The van der Waals surface area contributed by atoms with Crippen LogP contribution in [0.5, 0.6) is 11.5 Å². The number of nitrogens with zero attached hydrogens (tertiary/aromatic N) is 2. The van der Waals surface area contributed by atoms with Crippen molar-refractivity contribution in [2.75, 3.05) is 21.7 Å². The Hall–Kier alpha value is -3.89. The molecule has 3 N–H and O–H groups in total. The van der Waals surface area contributed by atoms with Gasteiger partial charge in [0.15, 0.2) is 4.34 Å². The van der Waals surface area contributed by atoms with Gasteiger partial charge >= 0.3 is 0 Å². The minimum atomic E-state index is -0.158. The number of nitrogens with one attached hydrogen (secondary N) is 3. The van der Waals surface area contributed by atoms with Crippen LogP contribution in [0.4, 0.5) is 22.2 Å². The monoisotopic (exact) mass is 491 g/mol. The maximum Gasteiger partial charge on any atom is 0.234 e. The van der Waals surface area contributed by atoms with Gasteiger partial charge in [0, 0.05) is 30.1 Å². The quantitative estimate of drug-likeness (QED) is 0.256. The highest BCUT2D eigenvalue weighted by Crippen LogP contribution is 2.29. The van der Waals surface area contributed by atoms with Crippen LogP contribution in [0.1, 0.15) is 6.92 Å². The van der Waals surface area contributed by atoms with Crippen LogP contribution in [-0.4, -0.2) is 27.8 Å². The normalized spacial score (nSPS) is 10.4. The van der Waals surface area contributed by atoms with Gasteiger partial charge in [0.1, 0.15) is 11.5 Å². The predicted octanol–water partition coefficient (Wildman–Crippen LogP) is 5.76. The van der Waals surface area contributed by atoms with Crippen LogP contribution in [0.3, 0.4) is 0 Å². The van der Waals surface area contributed by atoms with E-state index in [2.05, 4.69) is 26.1 Å². The van der Waals surface area contributed by atoms with E-state index < -0.39 is 0 Å². The lowest BCUT2D eigenvalue weighted by Gasteiger charge is -2.08. The number of rotatable bonds is 9. The molecule has 0 saturated carbocycles. The van der Waals surface area contributed by atoms with Crippen LogP contribution in [0, 0.1) is 0 Å². The van der Waals surface area contributed by atoms with Crippen LogP contribution in [-0.2, 0) is 9.59 Å².